The summed E-state index contributed by atoms with van der Waals surface area (Å²) >= 11 is 0. The molecule has 2 saturated heterocycles. The summed E-state index contributed by atoms with van der Waals surface area (Å²) in [6.45, 7) is 2.47. The monoisotopic (exact) mass is 267 g/mol. The molecular formula is C13H21N3O3. The van der Waals surface area contributed by atoms with Crippen LogP contribution in [0.1, 0.15) is 32.1 Å². The Balaban J connectivity index is 1.52. The molecule has 6 nitrogen and oxygen atoms in total. The average Bonchev–Trinajstić information content (AvgIpc) is 3.19. The van der Waals surface area contributed by atoms with Crippen LogP contribution in [0.2, 0.25) is 0 Å². The van der Waals surface area contributed by atoms with Gasteiger partial charge in [0.2, 0.25) is 0 Å². The second-order valence-corrected chi connectivity index (χ2v) is 5.66. The minimum absolute atomic E-state index is 0.0628. The molecule has 0 atom stereocenters. The summed E-state index contributed by atoms with van der Waals surface area (Å²) in [5.74, 6) is -0.0628. The quantitative estimate of drug-likeness (QED) is 0.552. The van der Waals surface area contributed by atoms with Gasteiger partial charge in [-0.05, 0) is 25.8 Å². The van der Waals surface area contributed by atoms with Crippen molar-refractivity contribution in [2.45, 2.75) is 43.7 Å². The molecule has 0 radical (unpaired) electrons. The van der Waals surface area contributed by atoms with Crippen molar-refractivity contribution in [2.75, 3.05) is 26.3 Å². The molecule has 19 heavy (non-hydrogen) atoms. The van der Waals surface area contributed by atoms with Crippen LogP contribution < -0.4 is 10.6 Å². The molecule has 0 bridgehead atoms. The van der Waals surface area contributed by atoms with E-state index in [0.29, 0.717) is 38.6 Å². The lowest BCUT2D eigenvalue weighted by molar-refractivity contribution is -0.134. The maximum absolute atomic E-state index is 12.4. The van der Waals surface area contributed by atoms with Crippen LogP contribution in [0.25, 0.3) is 0 Å². The van der Waals surface area contributed by atoms with E-state index >= 15 is 0 Å². The topological polar surface area (TPSA) is 70.7 Å². The highest BCUT2D eigenvalue weighted by Crippen LogP contribution is 2.28. The number of ether oxygens (including phenoxy) is 1. The highest BCUT2D eigenvalue weighted by molar-refractivity contribution is 6.07. The molecule has 6 heteroatoms. The SMILES string of the molecule is O=C1NC2(CCOCC2)C(=O)N1CCCNC1CC1. The summed E-state index contributed by atoms with van der Waals surface area (Å²) in [6, 6.07) is 0.434. The molecule has 0 aromatic rings. The molecule has 3 rings (SSSR count). The van der Waals surface area contributed by atoms with E-state index in [-0.39, 0.29) is 11.9 Å². The summed E-state index contributed by atoms with van der Waals surface area (Å²) in [5, 5.41) is 6.26. The van der Waals surface area contributed by atoms with Gasteiger partial charge in [-0.1, -0.05) is 0 Å². The molecule has 1 spiro atoms. The van der Waals surface area contributed by atoms with Crippen LogP contribution in [-0.2, 0) is 9.53 Å². The Morgan fingerprint density at radius 3 is 2.74 bits per heavy atom. The minimum Gasteiger partial charge on any atom is -0.381 e. The third-order valence-corrected chi connectivity index (χ3v) is 4.16. The molecule has 106 valence electrons. The van der Waals surface area contributed by atoms with Gasteiger partial charge in [0.05, 0.1) is 0 Å². The summed E-state index contributed by atoms with van der Waals surface area (Å²) in [5.41, 5.74) is -0.681. The number of imide groups is 1. The zero-order chi connectivity index (χ0) is 13.3. The molecule has 1 aliphatic carbocycles. The van der Waals surface area contributed by atoms with Crippen LogP contribution in [0.3, 0.4) is 0 Å². The fourth-order valence-corrected chi connectivity index (χ4v) is 2.77. The first kappa shape index (κ1) is 12.9. The molecular weight excluding hydrogens is 246 g/mol. The molecule has 0 unspecified atom stereocenters. The smallest absolute Gasteiger partial charge is 0.325 e. The molecule has 3 fully saturated rings. The average molecular weight is 267 g/mol. The number of nitrogens with zero attached hydrogens (tertiary/aromatic N) is 1. The molecule has 2 aliphatic heterocycles. The van der Waals surface area contributed by atoms with E-state index in [4.69, 9.17) is 4.74 Å². The first-order valence-electron chi connectivity index (χ1n) is 7.16. The van der Waals surface area contributed by atoms with E-state index < -0.39 is 5.54 Å². The zero-order valence-electron chi connectivity index (χ0n) is 11.1. The third-order valence-electron chi connectivity index (χ3n) is 4.16. The Labute approximate surface area is 112 Å². The van der Waals surface area contributed by atoms with Gasteiger partial charge in [0.15, 0.2) is 0 Å². The zero-order valence-corrected chi connectivity index (χ0v) is 11.1. The van der Waals surface area contributed by atoms with Crippen LogP contribution in [0.4, 0.5) is 4.79 Å². The van der Waals surface area contributed by atoms with Gasteiger partial charge in [-0.25, -0.2) is 4.79 Å². The molecule has 2 N–H and O–H groups in total. The summed E-state index contributed by atoms with van der Waals surface area (Å²) in [6.07, 6.45) is 4.52. The number of hydrogen-bond donors (Lipinski definition) is 2. The first-order chi connectivity index (χ1) is 9.21. The summed E-state index contributed by atoms with van der Waals surface area (Å²) in [7, 11) is 0. The Bertz CT molecular complexity index is 375. The van der Waals surface area contributed by atoms with Crippen molar-refractivity contribution in [1.82, 2.24) is 15.5 Å². The molecule has 0 aromatic heterocycles. The Morgan fingerprint density at radius 1 is 1.32 bits per heavy atom. The summed E-state index contributed by atoms with van der Waals surface area (Å²) in [4.78, 5) is 25.7. The van der Waals surface area contributed by atoms with Gasteiger partial charge in [0, 0.05) is 38.6 Å². The molecule has 0 aromatic carbocycles. The second-order valence-electron chi connectivity index (χ2n) is 5.66. The van der Waals surface area contributed by atoms with Crippen LogP contribution in [0.5, 0.6) is 0 Å². The van der Waals surface area contributed by atoms with Gasteiger partial charge in [0.25, 0.3) is 5.91 Å². The van der Waals surface area contributed by atoms with Crippen molar-refractivity contribution >= 4 is 11.9 Å². The first-order valence-corrected chi connectivity index (χ1v) is 7.16. The van der Waals surface area contributed by atoms with Gasteiger partial charge in [0.1, 0.15) is 5.54 Å². The molecule has 3 amide bonds. The van der Waals surface area contributed by atoms with Crippen LogP contribution in [0, 0.1) is 0 Å². The van der Waals surface area contributed by atoms with Gasteiger partial charge in [-0.2, -0.15) is 0 Å². The van der Waals surface area contributed by atoms with Gasteiger partial charge in [-0.15, -0.1) is 0 Å². The van der Waals surface area contributed by atoms with E-state index in [1.165, 1.54) is 17.7 Å². The number of urea groups is 1. The Morgan fingerprint density at radius 2 is 2.05 bits per heavy atom. The number of amides is 3. The predicted molar refractivity (Wildman–Crippen MR) is 68.7 cm³/mol. The lowest BCUT2D eigenvalue weighted by Gasteiger charge is -2.30. The number of carbonyl (C=O) groups is 2. The maximum atomic E-state index is 12.4. The van der Waals surface area contributed by atoms with Gasteiger partial charge >= 0.3 is 6.03 Å². The molecule has 1 saturated carbocycles. The minimum atomic E-state index is -0.681. The Hall–Kier alpha value is -1.14. The van der Waals surface area contributed by atoms with Crippen molar-refractivity contribution in [3.8, 4) is 0 Å². The molecule has 2 heterocycles. The van der Waals surface area contributed by atoms with Crippen LogP contribution in [0.15, 0.2) is 0 Å². The van der Waals surface area contributed by atoms with Gasteiger partial charge in [-0.3, -0.25) is 9.69 Å². The van der Waals surface area contributed by atoms with Crippen molar-refractivity contribution in [3.05, 3.63) is 0 Å². The van der Waals surface area contributed by atoms with Crippen molar-refractivity contribution in [1.29, 1.82) is 0 Å². The fourth-order valence-electron chi connectivity index (χ4n) is 2.77. The van der Waals surface area contributed by atoms with E-state index in [9.17, 15) is 9.59 Å². The van der Waals surface area contributed by atoms with E-state index in [1.807, 2.05) is 0 Å². The maximum Gasteiger partial charge on any atom is 0.325 e. The highest BCUT2D eigenvalue weighted by atomic mass is 16.5. The molecule has 3 aliphatic rings. The van der Waals surface area contributed by atoms with Crippen LogP contribution in [-0.4, -0.2) is 54.7 Å². The van der Waals surface area contributed by atoms with Gasteiger partial charge < -0.3 is 15.4 Å². The number of carbonyl (C=O) groups excluding carboxylic acids is 2. The van der Waals surface area contributed by atoms with Crippen LogP contribution >= 0.6 is 0 Å². The third kappa shape index (κ3) is 2.60. The normalized spacial score (nSPS) is 26.0. The van der Waals surface area contributed by atoms with E-state index in [0.717, 1.165) is 13.0 Å². The number of hydrogen-bond acceptors (Lipinski definition) is 4. The largest absolute Gasteiger partial charge is 0.381 e. The standard InChI is InChI=1S/C13H21N3O3/c17-11-13(4-8-19-9-5-13)15-12(18)16(11)7-1-6-14-10-2-3-10/h10,14H,1-9H2,(H,15,18). The van der Waals surface area contributed by atoms with E-state index in [1.54, 1.807) is 0 Å². The highest BCUT2D eigenvalue weighted by Gasteiger charge is 2.51. The lowest BCUT2D eigenvalue weighted by Crippen LogP contribution is -2.51. The van der Waals surface area contributed by atoms with E-state index in [2.05, 4.69) is 10.6 Å². The predicted octanol–water partition coefficient (Wildman–Crippen LogP) is 0.230. The van der Waals surface area contributed by atoms with Crippen molar-refractivity contribution in [3.63, 3.8) is 0 Å². The number of rotatable bonds is 5. The van der Waals surface area contributed by atoms with Crippen molar-refractivity contribution < 1.29 is 14.3 Å². The number of nitrogens with one attached hydrogen (secondary N) is 2. The van der Waals surface area contributed by atoms with Crippen molar-refractivity contribution in [2.24, 2.45) is 0 Å². The fraction of sp³-hybridized carbons (Fsp3) is 0.846. The Kier molecular flexibility index (Phi) is 3.45. The summed E-state index contributed by atoms with van der Waals surface area (Å²) < 4.78 is 5.27. The second kappa shape index (κ2) is 5.09. The lowest BCUT2D eigenvalue weighted by atomic mass is 9.90.